The van der Waals surface area contributed by atoms with Crippen molar-refractivity contribution in [2.45, 2.75) is 25.2 Å². The fourth-order valence-electron chi connectivity index (χ4n) is 2.71. The van der Waals surface area contributed by atoms with Crippen LogP contribution in [0.4, 0.5) is 11.4 Å². The maximum Gasteiger partial charge on any atom is 0.261 e. The maximum absolute atomic E-state index is 12.6. The Bertz CT molecular complexity index is 1200. The van der Waals surface area contributed by atoms with Crippen LogP contribution >= 0.6 is 0 Å². The van der Waals surface area contributed by atoms with Crippen molar-refractivity contribution in [3.63, 3.8) is 0 Å². The predicted molar refractivity (Wildman–Crippen MR) is 119 cm³/mol. The first-order chi connectivity index (χ1) is 14.8. The molecule has 2 N–H and O–H groups in total. The summed E-state index contributed by atoms with van der Waals surface area (Å²) in [6.45, 7) is 3.49. The lowest BCUT2D eigenvalue weighted by Crippen LogP contribution is -2.12. The van der Waals surface area contributed by atoms with Crippen LogP contribution in [0.1, 0.15) is 30.4 Å². The third-order valence-corrected chi connectivity index (χ3v) is 5.81. The summed E-state index contributed by atoms with van der Waals surface area (Å²) in [4.78, 5) is 11.8. The number of sulfonamides is 1. The van der Waals surface area contributed by atoms with E-state index < -0.39 is 10.0 Å². The van der Waals surface area contributed by atoms with Crippen LogP contribution < -0.4 is 14.8 Å². The molecule has 2 aromatic carbocycles. The highest BCUT2D eigenvalue weighted by atomic mass is 32.2. The molecule has 162 valence electrons. The van der Waals surface area contributed by atoms with Gasteiger partial charge in [-0.25, -0.2) is 8.42 Å². The van der Waals surface area contributed by atoms with Crippen molar-refractivity contribution in [3.05, 3.63) is 65.5 Å². The van der Waals surface area contributed by atoms with Gasteiger partial charge in [0.15, 0.2) is 5.76 Å². The molecule has 1 amide bonds. The molecule has 0 aliphatic heterocycles. The van der Waals surface area contributed by atoms with Crippen molar-refractivity contribution >= 4 is 39.5 Å². The zero-order chi connectivity index (χ0) is 22.4. The molecule has 0 aliphatic rings. The number of hydrogen-bond donors (Lipinski definition) is 2. The van der Waals surface area contributed by atoms with Gasteiger partial charge in [-0.05, 0) is 42.8 Å². The summed E-state index contributed by atoms with van der Waals surface area (Å²) in [6.07, 6.45) is 3.75. The third-order valence-electron chi connectivity index (χ3n) is 4.41. The topological polar surface area (TPSA) is 111 Å². The summed E-state index contributed by atoms with van der Waals surface area (Å²) < 4.78 is 38.2. The molecule has 8 nitrogen and oxygen atoms in total. The molecule has 0 atom stereocenters. The molecular weight excluding hydrogens is 418 g/mol. The van der Waals surface area contributed by atoms with Crippen LogP contribution in [-0.2, 0) is 14.8 Å². The van der Waals surface area contributed by atoms with Crippen molar-refractivity contribution in [2.24, 2.45) is 0 Å². The average molecular weight is 442 g/mol. The summed E-state index contributed by atoms with van der Waals surface area (Å²) in [5.74, 6) is 0.826. The van der Waals surface area contributed by atoms with Crippen LogP contribution in [0, 0.1) is 6.92 Å². The highest BCUT2D eigenvalue weighted by molar-refractivity contribution is 7.92. The van der Waals surface area contributed by atoms with Gasteiger partial charge in [0.05, 0.1) is 17.7 Å². The Morgan fingerprint density at radius 2 is 1.90 bits per heavy atom. The highest BCUT2D eigenvalue weighted by Crippen LogP contribution is 2.24. The van der Waals surface area contributed by atoms with E-state index >= 15 is 0 Å². The molecule has 0 bridgehead atoms. The molecule has 0 radical (unpaired) electrons. The molecule has 0 spiro atoms. The number of anilines is 2. The second kappa shape index (κ2) is 9.48. The maximum atomic E-state index is 12.6. The van der Waals surface area contributed by atoms with Crippen molar-refractivity contribution in [1.82, 2.24) is 5.16 Å². The van der Waals surface area contributed by atoms with E-state index in [0.717, 1.165) is 5.56 Å². The van der Waals surface area contributed by atoms with Crippen LogP contribution in [0.3, 0.4) is 0 Å². The predicted octanol–water partition coefficient (Wildman–Crippen LogP) is 4.31. The largest absolute Gasteiger partial charge is 0.497 e. The van der Waals surface area contributed by atoms with Crippen molar-refractivity contribution < 1.29 is 22.5 Å². The van der Waals surface area contributed by atoms with Crippen LogP contribution in [0.15, 0.2) is 57.9 Å². The number of amides is 1. The van der Waals surface area contributed by atoms with Crippen LogP contribution in [0.2, 0.25) is 0 Å². The van der Waals surface area contributed by atoms with Gasteiger partial charge in [-0.3, -0.25) is 9.52 Å². The monoisotopic (exact) mass is 441 g/mol. The number of aromatic nitrogens is 1. The number of methoxy groups -OCH3 is 1. The van der Waals surface area contributed by atoms with Gasteiger partial charge in [-0.1, -0.05) is 36.4 Å². The van der Waals surface area contributed by atoms with E-state index in [0.29, 0.717) is 35.0 Å². The number of ether oxygens (including phenoxy) is 1. The van der Waals surface area contributed by atoms with E-state index in [1.165, 1.54) is 19.2 Å². The van der Waals surface area contributed by atoms with Crippen LogP contribution in [0.5, 0.6) is 5.75 Å². The fourth-order valence-corrected chi connectivity index (χ4v) is 3.76. The molecule has 3 rings (SSSR count). The minimum Gasteiger partial charge on any atom is -0.497 e. The molecule has 0 unspecified atom stereocenters. The lowest BCUT2D eigenvalue weighted by molar-refractivity contribution is -0.115. The average Bonchev–Trinajstić information content (AvgIpc) is 3.11. The summed E-state index contributed by atoms with van der Waals surface area (Å²) in [7, 11) is -2.23. The third kappa shape index (κ3) is 5.52. The van der Waals surface area contributed by atoms with E-state index in [1.54, 1.807) is 62.4 Å². The molecule has 31 heavy (non-hydrogen) atoms. The first-order valence-corrected chi connectivity index (χ1v) is 11.0. The van der Waals surface area contributed by atoms with Crippen LogP contribution in [-0.4, -0.2) is 26.6 Å². The Balaban J connectivity index is 1.75. The smallest absolute Gasteiger partial charge is 0.261 e. The molecule has 1 heterocycles. The number of nitrogens with zero attached hydrogens (tertiary/aromatic N) is 1. The summed E-state index contributed by atoms with van der Waals surface area (Å²) in [6, 6.07) is 13.0. The zero-order valence-electron chi connectivity index (χ0n) is 17.4. The van der Waals surface area contributed by atoms with Gasteiger partial charge in [0.1, 0.15) is 17.1 Å². The molecule has 0 aliphatic carbocycles. The molecule has 0 fully saturated rings. The molecular formula is C22H23N3O5S. The first-order valence-electron chi connectivity index (χ1n) is 9.53. The van der Waals surface area contributed by atoms with E-state index in [9.17, 15) is 13.2 Å². The Hall–Kier alpha value is -3.59. The number of hydrogen-bond acceptors (Lipinski definition) is 6. The number of rotatable bonds is 8. The van der Waals surface area contributed by atoms with Gasteiger partial charge >= 0.3 is 0 Å². The van der Waals surface area contributed by atoms with Crippen molar-refractivity contribution in [3.8, 4) is 5.75 Å². The van der Waals surface area contributed by atoms with Gasteiger partial charge in [-0.15, -0.1) is 0 Å². The van der Waals surface area contributed by atoms with E-state index in [-0.39, 0.29) is 10.8 Å². The first kappa shape index (κ1) is 22.1. The second-order valence-electron chi connectivity index (χ2n) is 6.65. The Morgan fingerprint density at radius 1 is 1.16 bits per heavy atom. The number of benzene rings is 2. The molecule has 9 heteroatoms. The molecule has 3 aromatic rings. The molecule has 0 saturated carbocycles. The minimum atomic E-state index is -3.75. The van der Waals surface area contributed by atoms with Crippen LogP contribution in [0.25, 0.3) is 12.2 Å². The fraction of sp³-hybridized carbons (Fsp3) is 0.182. The van der Waals surface area contributed by atoms with E-state index in [2.05, 4.69) is 15.2 Å². The zero-order valence-corrected chi connectivity index (χ0v) is 18.2. The number of carbonyl (C=O) groups is 1. The number of aryl methyl sites for hydroxylation is 1. The Morgan fingerprint density at radius 3 is 2.58 bits per heavy atom. The van der Waals surface area contributed by atoms with E-state index in [4.69, 9.17) is 9.26 Å². The SMILES string of the molecule is CCC(=O)Nc1c(C)noc1C=Cc1ccc(S(=O)(=O)Nc2cccc(OC)c2)cc1. The second-order valence-corrected chi connectivity index (χ2v) is 8.33. The quantitative estimate of drug-likeness (QED) is 0.539. The van der Waals surface area contributed by atoms with Gasteiger partial charge in [0, 0.05) is 12.5 Å². The van der Waals surface area contributed by atoms with Gasteiger partial charge < -0.3 is 14.6 Å². The minimum absolute atomic E-state index is 0.124. The van der Waals surface area contributed by atoms with E-state index in [1.807, 2.05) is 0 Å². The molecule has 0 saturated heterocycles. The number of nitrogens with one attached hydrogen (secondary N) is 2. The summed E-state index contributed by atoms with van der Waals surface area (Å²) in [5, 5.41) is 6.64. The molecule has 1 aromatic heterocycles. The number of carbonyl (C=O) groups excluding carboxylic acids is 1. The normalized spacial score (nSPS) is 11.5. The lowest BCUT2D eigenvalue weighted by Gasteiger charge is -2.09. The van der Waals surface area contributed by atoms with Gasteiger partial charge in [0.25, 0.3) is 10.0 Å². The Kier molecular flexibility index (Phi) is 6.76. The van der Waals surface area contributed by atoms with Gasteiger partial charge in [0.2, 0.25) is 5.91 Å². The highest BCUT2D eigenvalue weighted by Gasteiger charge is 2.15. The van der Waals surface area contributed by atoms with Crippen molar-refractivity contribution in [2.75, 3.05) is 17.1 Å². The summed E-state index contributed by atoms with van der Waals surface area (Å²) in [5.41, 5.74) is 2.25. The van der Waals surface area contributed by atoms with Gasteiger partial charge in [-0.2, -0.15) is 0 Å². The lowest BCUT2D eigenvalue weighted by atomic mass is 10.2. The Labute approximate surface area is 181 Å². The standard InChI is InChI=1S/C22H23N3O5S/c1-4-21(26)23-22-15(2)24-30-20(22)13-10-16-8-11-19(12-9-16)31(27,28)25-17-6-5-7-18(14-17)29-3/h5-14,25H,4H2,1-3H3,(H,23,26). The van der Waals surface area contributed by atoms with Crippen molar-refractivity contribution in [1.29, 1.82) is 0 Å². The summed E-state index contributed by atoms with van der Waals surface area (Å²) >= 11 is 0.